The van der Waals surface area contributed by atoms with Crippen LogP contribution in [0.4, 0.5) is 0 Å². The van der Waals surface area contributed by atoms with Gasteiger partial charge in [0.2, 0.25) is 5.78 Å². The number of quaternary nitrogens is 1. The van der Waals surface area contributed by atoms with Crippen molar-refractivity contribution in [3.8, 4) is 0 Å². The highest BCUT2D eigenvalue weighted by Gasteiger charge is 2.47. The molecule has 0 aliphatic carbocycles. The Hall–Kier alpha value is -0.900. The molecule has 0 amide bonds. The third kappa shape index (κ3) is 1.88. The van der Waals surface area contributed by atoms with Gasteiger partial charge in [-0.2, -0.15) is 0 Å². The maximum Gasteiger partial charge on any atom is 0.240 e. The van der Waals surface area contributed by atoms with Gasteiger partial charge in [-0.15, -0.1) is 0 Å². The minimum atomic E-state index is -0.511. The van der Waals surface area contributed by atoms with Crippen LogP contribution >= 0.6 is 0 Å². The Morgan fingerprint density at radius 1 is 1.38 bits per heavy atom. The molecule has 1 fully saturated rings. The maximum atomic E-state index is 11.6. The number of rotatable bonds is 0. The molecule has 4 nitrogen and oxygen atoms in total. The summed E-state index contributed by atoms with van der Waals surface area (Å²) in [5.41, 5.74) is -0.292. The number of ketones is 1. The lowest BCUT2D eigenvalue weighted by atomic mass is 9.80. The summed E-state index contributed by atoms with van der Waals surface area (Å²) < 4.78 is 0. The van der Waals surface area contributed by atoms with Crippen LogP contribution in [-0.4, -0.2) is 27.8 Å². The quantitative estimate of drug-likeness (QED) is 0.409. The molecule has 4 heteroatoms. The van der Waals surface area contributed by atoms with E-state index < -0.39 is 5.54 Å². The molecule has 1 rings (SSSR count). The summed E-state index contributed by atoms with van der Waals surface area (Å²) in [6.45, 7) is 7.77. The van der Waals surface area contributed by atoms with Crippen molar-refractivity contribution in [2.24, 2.45) is 5.16 Å². The van der Waals surface area contributed by atoms with E-state index in [-0.39, 0.29) is 17.0 Å². The zero-order valence-corrected chi connectivity index (χ0v) is 8.59. The van der Waals surface area contributed by atoms with Crippen LogP contribution in [0, 0.1) is 0 Å². The maximum absolute atomic E-state index is 11.6. The Morgan fingerprint density at radius 3 is 2.38 bits per heavy atom. The number of nitrogens with zero attached hydrogens (tertiary/aromatic N) is 1. The smallest absolute Gasteiger partial charge is 0.240 e. The Kier molecular flexibility index (Phi) is 2.20. The molecule has 0 saturated carbocycles. The zero-order chi connectivity index (χ0) is 10.3. The highest BCUT2D eigenvalue weighted by atomic mass is 16.4. The second-order valence-corrected chi connectivity index (χ2v) is 4.91. The number of carbonyl (C=O) groups is 1. The van der Waals surface area contributed by atoms with Crippen LogP contribution in [0.1, 0.15) is 34.1 Å². The van der Waals surface area contributed by atoms with Gasteiger partial charge >= 0.3 is 0 Å². The summed E-state index contributed by atoms with van der Waals surface area (Å²) in [6, 6.07) is 0. The van der Waals surface area contributed by atoms with E-state index in [1.807, 2.05) is 33.0 Å². The Morgan fingerprint density at radius 2 is 1.92 bits per heavy atom. The van der Waals surface area contributed by atoms with Gasteiger partial charge in [0.05, 0.1) is 12.0 Å². The van der Waals surface area contributed by atoms with Gasteiger partial charge in [0.1, 0.15) is 5.71 Å². The molecule has 3 N–H and O–H groups in total. The van der Waals surface area contributed by atoms with Crippen molar-refractivity contribution in [2.45, 2.75) is 45.2 Å². The molecule has 0 aromatic carbocycles. The van der Waals surface area contributed by atoms with Crippen LogP contribution in [0.3, 0.4) is 0 Å². The van der Waals surface area contributed by atoms with E-state index in [0.29, 0.717) is 6.42 Å². The van der Waals surface area contributed by atoms with Gasteiger partial charge in [0.25, 0.3) is 0 Å². The van der Waals surface area contributed by atoms with Crippen molar-refractivity contribution in [3.63, 3.8) is 0 Å². The fourth-order valence-corrected chi connectivity index (χ4v) is 2.06. The zero-order valence-electron chi connectivity index (χ0n) is 8.59. The number of hydrogen-bond donors (Lipinski definition) is 2. The van der Waals surface area contributed by atoms with Crippen LogP contribution < -0.4 is 5.32 Å². The summed E-state index contributed by atoms with van der Waals surface area (Å²) in [7, 11) is 0. The molecule has 0 atom stereocenters. The van der Waals surface area contributed by atoms with E-state index in [0.717, 1.165) is 0 Å². The van der Waals surface area contributed by atoms with Crippen molar-refractivity contribution >= 4 is 11.5 Å². The largest absolute Gasteiger partial charge is 0.411 e. The van der Waals surface area contributed by atoms with E-state index in [2.05, 4.69) is 5.16 Å². The van der Waals surface area contributed by atoms with Crippen LogP contribution in [0.15, 0.2) is 5.16 Å². The first-order chi connectivity index (χ1) is 5.78. The van der Waals surface area contributed by atoms with E-state index in [4.69, 9.17) is 5.21 Å². The minimum absolute atomic E-state index is 0.0705. The molecule has 0 radical (unpaired) electrons. The van der Waals surface area contributed by atoms with Gasteiger partial charge < -0.3 is 10.5 Å². The van der Waals surface area contributed by atoms with E-state index in [1.54, 1.807) is 0 Å². The summed E-state index contributed by atoms with van der Waals surface area (Å²) in [6.07, 6.45) is 0.520. The highest BCUT2D eigenvalue weighted by molar-refractivity contribution is 6.42. The standard InChI is InChI=1S/C9H16N2O2/c1-8(2)5-6(10-13)7(12)9(3,4)11-8/h11,13H,5H2,1-4H3/p+1/b10-6+. The molecule has 1 heterocycles. The second kappa shape index (κ2) is 2.80. The molecular formula is C9H17N2O2+. The number of hydrogen-bond acceptors (Lipinski definition) is 3. The third-order valence-corrected chi connectivity index (χ3v) is 2.34. The minimum Gasteiger partial charge on any atom is -0.411 e. The predicted molar refractivity (Wildman–Crippen MR) is 48.9 cm³/mol. The summed E-state index contributed by atoms with van der Waals surface area (Å²) >= 11 is 0. The topological polar surface area (TPSA) is 66.3 Å². The van der Waals surface area contributed by atoms with Gasteiger partial charge in [-0.1, -0.05) is 5.16 Å². The first-order valence-corrected chi connectivity index (χ1v) is 4.41. The van der Waals surface area contributed by atoms with E-state index >= 15 is 0 Å². The number of Topliss-reactive ketones (excluding diaryl/α,β-unsaturated/α-hetero) is 1. The van der Waals surface area contributed by atoms with Crippen molar-refractivity contribution in [3.05, 3.63) is 0 Å². The van der Waals surface area contributed by atoms with Crippen LogP contribution in [0.2, 0.25) is 0 Å². The second-order valence-electron chi connectivity index (χ2n) is 4.91. The molecule has 0 aromatic rings. The molecule has 1 aliphatic heterocycles. The van der Waals surface area contributed by atoms with Gasteiger partial charge in [0, 0.05) is 0 Å². The lowest BCUT2D eigenvalue weighted by molar-refractivity contribution is -0.766. The normalized spacial score (nSPS) is 29.2. The fourth-order valence-electron chi connectivity index (χ4n) is 2.06. The van der Waals surface area contributed by atoms with Crippen LogP contribution in [0.5, 0.6) is 0 Å². The summed E-state index contributed by atoms with van der Waals surface area (Å²) in [5.74, 6) is -0.0747. The molecule has 1 aliphatic rings. The average Bonchev–Trinajstić information content (AvgIpc) is 1.95. The van der Waals surface area contributed by atoms with Crippen LogP contribution in [0.25, 0.3) is 0 Å². The van der Waals surface area contributed by atoms with Gasteiger partial charge in [-0.3, -0.25) is 4.79 Å². The number of carbonyl (C=O) groups excluding carboxylic acids is 1. The predicted octanol–water partition coefficient (Wildman–Crippen LogP) is -0.0900. The number of oxime groups is 1. The van der Waals surface area contributed by atoms with Crippen LogP contribution in [-0.2, 0) is 4.79 Å². The number of piperidine rings is 1. The Balaban J connectivity index is 3.02. The van der Waals surface area contributed by atoms with E-state index in [9.17, 15) is 4.79 Å². The van der Waals surface area contributed by atoms with Gasteiger partial charge in [-0.05, 0) is 27.7 Å². The fraction of sp³-hybridized carbons (Fsp3) is 0.778. The third-order valence-electron chi connectivity index (χ3n) is 2.34. The number of nitrogens with two attached hydrogens (primary N) is 1. The first-order valence-electron chi connectivity index (χ1n) is 4.41. The summed E-state index contributed by atoms with van der Waals surface area (Å²) in [4.78, 5) is 11.6. The van der Waals surface area contributed by atoms with Gasteiger partial charge in [0.15, 0.2) is 5.54 Å². The lowest BCUT2D eigenvalue weighted by Gasteiger charge is -2.37. The van der Waals surface area contributed by atoms with Crippen molar-refractivity contribution in [1.82, 2.24) is 0 Å². The Bertz CT molecular complexity index is 267. The molecule has 0 bridgehead atoms. The molecule has 74 valence electrons. The summed E-state index contributed by atoms with van der Waals surface area (Å²) in [5, 5.41) is 13.8. The first kappa shape index (κ1) is 10.2. The monoisotopic (exact) mass is 185 g/mol. The van der Waals surface area contributed by atoms with Gasteiger partial charge in [-0.25, -0.2) is 0 Å². The lowest BCUT2D eigenvalue weighted by Crippen LogP contribution is -3.07. The molecular weight excluding hydrogens is 168 g/mol. The van der Waals surface area contributed by atoms with Crippen molar-refractivity contribution in [1.29, 1.82) is 0 Å². The van der Waals surface area contributed by atoms with E-state index in [1.165, 1.54) is 0 Å². The highest BCUT2D eigenvalue weighted by Crippen LogP contribution is 2.16. The molecule has 1 saturated heterocycles. The average molecular weight is 185 g/mol. The molecule has 0 spiro atoms. The Labute approximate surface area is 78.0 Å². The molecule has 0 unspecified atom stereocenters. The molecule has 13 heavy (non-hydrogen) atoms. The molecule has 0 aromatic heterocycles. The SMILES string of the molecule is CC1(C)C/C(=N\O)C(=O)C(C)(C)[NH2+]1. The van der Waals surface area contributed by atoms with Crippen molar-refractivity contribution in [2.75, 3.05) is 0 Å². The van der Waals surface area contributed by atoms with Crippen molar-refractivity contribution < 1.29 is 15.3 Å².